The van der Waals surface area contributed by atoms with Crippen molar-refractivity contribution >= 4 is 10.2 Å². The highest BCUT2D eigenvalue weighted by atomic mass is 32.2. The zero-order valence-corrected chi connectivity index (χ0v) is 12.6. The second kappa shape index (κ2) is 6.32. The number of nitrogens with one attached hydrogen (secondary N) is 1. The summed E-state index contributed by atoms with van der Waals surface area (Å²) >= 11 is 0. The van der Waals surface area contributed by atoms with Crippen molar-refractivity contribution in [1.29, 1.82) is 0 Å². The minimum absolute atomic E-state index is 0.0864. The topological polar surface area (TPSA) is 75.4 Å². The van der Waals surface area contributed by atoms with Gasteiger partial charge in [-0.15, -0.1) is 0 Å². The minimum Gasteiger partial charge on any atom is -0.330 e. The first-order chi connectivity index (χ1) is 8.27. The third-order valence-electron chi connectivity index (χ3n) is 3.74. The van der Waals surface area contributed by atoms with Crippen LogP contribution in [0.2, 0.25) is 0 Å². The smallest absolute Gasteiger partial charge is 0.279 e. The molecule has 1 fully saturated rings. The Labute approximate surface area is 111 Å². The first-order valence-electron chi connectivity index (χ1n) is 6.70. The summed E-state index contributed by atoms with van der Waals surface area (Å²) in [4.78, 5) is 0. The molecule has 5 nitrogen and oxygen atoms in total. The molecule has 1 saturated carbocycles. The van der Waals surface area contributed by atoms with E-state index in [1.54, 1.807) is 7.05 Å². The summed E-state index contributed by atoms with van der Waals surface area (Å²) in [5.74, 6) is 0. The summed E-state index contributed by atoms with van der Waals surface area (Å²) in [6, 6.07) is 0.0864. The van der Waals surface area contributed by atoms with Gasteiger partial charge in [-0.3, -0.25) is 0 Å². The van der Waals surface area contributed by atoms with Crippen LogP contribution in [-0.2, 0) is 10.2 Å². The van der Waals surface area contributed by atoms with Crippen LogP contribution < -0.4 is 10.5 Å². The average molecular weight is 277 g/mol. The van der Waals surface area contributed by atoms with Gasteiger partial charge in [0.25, 0.3) is 10.2 Å². The fourth-order valence-corrected chi connectivity index (χ4v) is 3.46. The molecule has 0 amide bonds. The van der Waals surface area contributed by atoms with E-state index in [9.17, 15) is 8.42 Å². The maximum absolute atomic E-state index is 12.0. The average Bonchev–Trinajstić information content (AvgIpc) is 2.28. The molecule has 0 aliphatic heterocycles. The summed E-state index contributed by atoms with van der Waals surface area (Å²) in [6.07, 6.45) is 4.70. The van der Waals surface area contributed by atoms with Crippen molar-refractivity contribution in [3.8, 4) is 0 Å². The summed E-state index contributed by atoms with van der Waals surface area (Å²) < 4.78 is 28.2. The molecular weight excluding hydrogens is 250 g/mol. The van der Waals surface area contributed by atoms with E-state index in [4.69, 9.17) is 5.73 Å². The fourth-order valence-electron chi connectivity index (χ4n) is 2.25. The van der Waals surface area contributed by atoms with Gasteiger partial charge in [0.15, 0.2) is 0 Å². The lowest BCUT2D eigenvalue weighted by molar-refractivity contribution is 0.217. The molecule has 0 unspecified atom stereocenters. The van der Waals surface area contributed by atoms with Crippen LogP contribution in [0.25, 0.3) is 0 Å². The lowest BCUT2D eigenvalue weighted by Gasteiger charge is -2.35. The molecule has 6 heteroatoms. The first-order valence-corrected chi connectivity index (χ1v) is 8.14. The zero-order chi connectivity index (χ0) is 13.8. The summed E-state index contributed by atoms with van der Waals surface area (Å²) in [5, 5.41) is 0. The third kappa shape index (κ3) is 4.84. The molecule has 0 aromatic carbocycles. The standard InChI is InChI=1S/C12H27N3O2S/c1-12(2)7-5-11(6-8-12)14-18(16,17)15(3)10-4-9-13/h11,14H,4-10,13H2,1-3H3. The van der Waals surface area contributed by atoms with Crippen LogP contribution in [0.4, 0.5) is 0 Å². The molecule has 0 atom stereocenters. The second-order valence-electron chi connectivity index (χ2n) is 6.03. The van der Waals surface area contributed by atoms with Crippen LogP contribution in [0.3, 0.4) is 0 Å². The Bertz CT molecular complexity index is 344. The molecule has 1 aliphatic rings. The Morgan fingerprint density at radius 1 is 1.33 bits per heavy atom. The molecule has 0 aromatic rings. The maximum Gasteiger partial charge on any atom is 0.279 e. The molecule has 108 valence electrons. The quantitative estimate of drug-likeness (QED) is 0.762. The highest BCUT2D eigenvalue weighted by molar-refractivity contribution is 7.87. The molecule has 1 rings (SSSR count). The van der Waals surface area contributed by atoms with Crippen LogP contribution in [-0.4, -0.2) is 38.9 Å². The minimum atomic E-state index is -3.34. The maximum atomic E-state index is 12.0. The lowest BCUT2D eigenvalue weighted by atomic mass is 9.76. The van der Waals surface area contributed by atoms with Gasteiger partial charge < -0.3 is 5.73 Å². The van der Waals surface area contributed by atoms with Gasteiger partial charge in [0.05, 0.1) is 0 Å². The van der Waals surface area contributed by atoms with Crippen molar-refractivity contribution < 1.29 is 8.42 Å². The summed E-state index contributed by atoms with van der Waals surface area (Å²) in [6.45, 7) is 5.47. The van der Waals surface area contributed by atoms with E-state index in [0.717, 1.165) is 25.7 Å². The van der Waals surface area contributed by atoms with Gasteiger partial charge in [-0.1, -0.05) is 13.8 Å². The van der Waals surface area contributed by atoms with Crippen molar-refractivity contribution in [3.63, 3.8) is 0 Å². The first kappa shape index (κ1) is 15.9. The number of hydrogen-bond acceptors (Lipinski definition) is 3. The second-order valence-corrected chi connectivity index (χ2v) is 7.83. The number of nitrogens with zero attached hydrogens (tertiary/aromatic N) is 1. The molecule has 3 N–H and O–H groups in total. The zero-order valence-electron chi connectivity index (χ0n) is 11.8. The highest BCUT2D eigenvalue weighted by Crippen LogP contribution is 2.35. The predicted octanol–water partition coefficient (Wildman–Crippen LogP) is 1.07. The molecule has 0 radical (unpaired) electrons. The number of rotatable bonds is 6. The van der Waals surface area contributed by atoms with Crippen molar-refractivity contribution in [2.45, 2.75) is 52.0 Å². The fraction of sp³-hybridized carbons (Fsp3) is 1.00. The summed E-state index contributed by atoms with van der Waals surface area (Å²) in [7, 11) is -1.74. The van der Waals surface area contributed by atoms with Crippen molar-refractivity contribution in [2.24, 2.45) is 11.1 Å². The Kier molecular flexibility index (Phi) is 5.58. The van der Waals surface area contributed by atoms with Crippen LogP contribution >= 0.6 is 0 Å². The molecule has 0 saturated heterocycles. The normalized spacial score (nSPS) is 21.4. The third-order valence-corrected chi connectivity index (χ3v) is 5.38. The Morgan fingerprint density at radius 3 is 2.39 bits per heavy atom. The van der Waals surface area contributed by atoms with Crippen LogP contribution in [0.15, 0.2) is 0 Å². The largest absolute Gasteiger partial charge is 0.330 e. The molecule has 0 heterocycles. The summed E-state index contributed by atoms with van der Waals surface area (Å²) in [5.41, 5.74) is 5.75. The van der Waals surface area contributed by atoms with Gasteiger partial charge in [0, 0.05) is 19.6 Å². The van der Waals surface area contributed by atoms with Crippen molar-refractivity contribution in [3.05, 3.63) is 0 Å². The Morgan fingerprint density at radius 2 is 1.89 bits per heavy atom. The van der Waals surface area contributed by atoms with Gasteiger partial charge in [-0.2, -0.15) is 17.4 Å². The van der Waals surface area contributed by atoms with Crippen molar-refractivity contribution in [1.82, 2.24) is 9.03 Å². The van der Waals surface area contributed by atoms with E-state index in [2.05, 4.69) is 18.6 Å². The van der Waals surface area contributed by atoms with Crippen LogP contribution in [0.5, 0.6) is 0 Å². The van der Waals surface area contributed by atoms with Gasteiger partial charge in [0.2, 0.25) is 0 Å². The van der Waals surface area contributed by atoms with Gasteiger partial charge in [-0.05, 0) is 44.1 Å². The molecular formula is C12H27N3O2S. The van der Waals surface area contributed by atoms with Crippen molar-refractivity contribution in [2.75, 3.05) is 20.1 Å². The van der Waals surface area contributed by atoms with E-state index >= 15 is 0 Å². The van der Waals surface area contributed by atoms with E-state index in [0.29, 0.717) is 24.9 Å². The number of hydrogen-bond donors (Lipinski definition) is 2. The highest BCUT2D eigenvalue weighted by Gasteiger charge is 2.30. The molecule has 1 aliphatic carbocycles. The van der Waals surface area contributed by atoms with E-state index in [-0.39, 0.29) is 6.04 Å². The van der Waals surface area contributed by atoms with Gasteiger partial charge in [-0.25, -0.2) is 0 Å². The monoisotopic (exact) mass is 277 g/mol. The molecule has 18 heavy (non-hydrogen) atoms. The lowest BCUT2D eigenvalue weighted by Crippen LogP contribution is -2.46. The SMILES string of the molecule is CN(CCCN)S(=O)(=O)NC1CCC(C)(C)CC1. The molecule has 0 spiro atoms. The van der Waals surface area contributed by atoms with E-state index in [1.807, 2.05) is 0 Å². The van der Waals surface area contributed by atoms with Crippen LogP contribution in [0.1, 0.15) is 46.0 Å². The Hall–Kier alpha value is -0.170. The molecule has 0 aromatic heterocycles. The van der Waals surface area contributed by atoms with E-state index < -0.39 is 10.2 Å². The molecule has 0 bridgehead atoms. The van der Waals surface area contributed by atoms with E-state index in [1.165, 1.54) is 4.31 Å². The van der Waals surface area contributed by atoms with Crippen LogP contribution in [0, 0.1) is 5.41 Å². The Balaban J connectivity index is 2.46. The van der Waals surface area contributed by atoms with Gasteiger partial charge in [0.1, 0.15) is 0 Å². The van der Waals surface area contributed by atoms with Gasteiger partial charge >= 0.3 is 0 Å². The number of nitrogens with two attached hydrogens (primary N) is 1. The predicted molar refractivity (Wildman–Crippen MR) is 74.4 cm³/mol.